The number of Topliss-reactive ketones (excluding diaryl/α,β-unsaturated/α-hetero) is 1. The molecule has 11 heavy (non-hydrogen) atoms. The lowest BCUT2D eigenvalue weighted by molar-refractivity contribution is -0.117. The Balaban J connectivity index is 2.69. The lowest BCUT2D eigenvalue weighted by Crippen LogP contribution is -2.08. The first-order valence-electron chi connectivity index (χ1n) is 4.02. The maximum atomic E-state index is 11.3. The van der Waals surface area contributed by atoms with Crippen LogP contribution in [-0.4, -0.2) is 24.8 Å². The third-order valence-corrected chi connectivity index (χ3v) is 2.02. The Morgan fingerprint density at radius 3 is 2.55 bits per heavy atom. The standard InChI is InChI=1S/C9H15NO/c1-7-4-5-8(9(7)11)6-10(2)3/h6-7H,4-5H2,1-3H3. The van der Waals surface area contributed by atoms with Gasteiger partial charge in [0.15, 0.2) is 5.78 Å². The second-order valence-electron chi connectivity index (χ2n) is 3.42. The summed E-state index contributed by atoms with van der Waals surface area (Å²) in [7, 11) is 3.90. The van der Waals surface area contributed by atoms with Gasteiger partial charge in [-0.3, -0.25) is 4.79 Å². The van der Waals surface area contributed by atoms with Crippen molar-refractivity contribution in [2.45, 2.75) is 19.8 Å². The van der Waals surface area contributed by atoms with E-state index in [0.29, 0.717) is 5.78 Å². The normalized spacial score (nSPS) is 28.1. The molecule has 0 spiro atoms. The first-order chi connectivity index (χ1) is 5.11. The van der Waals surface area contributed by atoms with Crippen molar-refractivity contribution in [1.82, 2.24) is 4.90 Å². The molecule has 2 nitrogen and oxygen atoms in total. The minimum atomic E-state index is 0.251. The van der Waals surface area contributed by atoms with Crippen LogP contribution in [0, 0.1) is 5.92 Å². The van der Waals surface area contributed by atoms with Gasteiger partial charge in [0.05, 0.1) is 0 Å². The smallest absolute Gasteiger partial charge is 0.163 e. The van der Waals surface area contributed by atoms with Gasteiger partial charge in [-0.2, -0.15) is 0 Å². The fourth-order valence-electron chi connectivity index (χ4n) is 1.38. The largest absolute Gasteiger partial charge is 0.383 e. The Morgan fingerprint density at radius 2 is 2.18 bits per heavy atom. The van der Waals surface area contributed by atoms with Crippen molar-refractivity contribution in [3.63, 3.8) is 0 Å². The lowest BCUT2D eigenvalue weighted by Gasteiger charge is -2.05. The van der Waals surface area contributed by atoms with Crippen LogP contribution in [0.2, 0.25) is 0 Å². The highest BCUT2D eigenvalue weighted by Crippen LogP contribution is 2.25. The van der Waals surface area contributed by atoms with E-state index in [-0.39, 0.29) is 5.92 Å². The zero-order chi connectivity index (χ0) is 8.43. The Bertz CT molecular complexity index is 194. The topological polar surface area (TPSA) is 20.3 Å². The van der Waals surface area contributed by atoms with Crippen LogP contribution in [-0.2, 0) is 4.79 Å². The van der Waals surface area contributed by atoms with E-state index in [4.69, 9.17) is 0 Å². The number of carbonyl (C=O) groups is 1. The third kappa shape index (κ3) is 1.82. The average molecular weight is 153 g/mol. The van der Waals surface area contributed by atoms with Gasteiger partial charge in [0, 0.05) is 31.8 Å². The van der Waals surface area contributed by atoms with Crippen LogP contribution in [0.4, 0.5) is 0 Å². The zero-order valence-corrected chi connectivity index (χ0v) is 7.42. The van der Waals surface area contributed by atoms with E-state index in [0.717, 1.165) is 18.4 Å². The van der Waals surface area contributed by atoms with Gasteiger partial charge in [0.1, 0.15) is 0 Å². The Morgan fingerprint density at radius 1 is 1.55 bits per heavy atom. The van der Waals surface area contributed by atoms with Crippen LogP contribution < -0.4 is 0 Å². The second-order valence-corrected chi connectivity index (χ2v) is 3.42. The molecule has 2 heteroatoms. The number of carbonyl (C=O) groups excluding carboxylic acids is 1. The molecule has 0 aromatic heterocycles. The molecule has 1 fully saturated rings. The van der Waals surface area contributed by atoms with Gasteiger partial charge in [0.25, 0.3) is 0 Å². The SMILES string of the molecule is CC1CCC(=CN(C)C)C1=O. The van der Waals surface area contributed by atoms with E-state index in [1.54, 1.807) is 0 Å². The first kappa shape index (κ1) is 8.31. The van der Waals surface area contributed by atoms with Crippen molar-refractivity contribution >= 4 is 5.78 Å². The number of ketones is 1. The summed E-state index contributed by atoms with van der Waals surface area (Å²) in [5, 5.41) is 0. The van der Waals surface area contributed by atoms with E-state index in [1.165, 1.54) is 0 Å². The van der Waals surface area contributed by atoms with E-state index in [1.807, 2.05) is 32.1 Å². The molecule has 0 heterocycles. The van der Waals surface area contributed by atoms with Gasteiger partial charge in [-0.15, -0.1) is 0 Å². The fraction of sp³-hybridized carbons (Fsp3) is 0.667. The quantitative estimate of drug-likeness (QED) is 0.531. The van der Waals surface area contributed by atoms with Crippen molar-refractivity contribution in [1.29, 1.82) is 0 Å². The highest BCUT2D eigenvalue weighted by atomic mass is 16.1. The van der Waals surface area contributed by atoms with Crippen LogP contribution in [0.15, 0.2) is 11.8 Å². The monoisotopic (exact) mass is 153 g/mol. The zero-order valence-electron chi connectivity index (χ0n) is 7.42. The van der Waals surface area contributed by atoms with Crippen molar-refractivity contribution in [2.24, 2.45) is 5.92 Å². The summed E-state index contributed by atoms with van der Waals surface area (Å²) in [6.07, 6.45) is 3.92. The highest BCUT2D eigenvalue weighted by molar-refractivity contribution is 5.98. The highest BCUT2D eigenvalue weighted by Gasteiger charge is 2.24. The molecule has 1 aliphatic rings. The maximum absolute atomic E-state index is 11.3. The van der Waals surface area contributed by atoms with E-state index in [2.05, 4.69) is 0 Å². The summed E-state index contributed by atoms with van der Waals surface area (Å²) in [4.78, 5) is 13.3. The van der Waals surface area contributed by atoms with Crippen LogP contribution in [0.5, 0.6) is 0 Å². The summed E-state index contributed by atoms with van der Waals surface area (Å²) >= 11 is 0. The minimum Gasteiger partial charge on any atom is -0.383 e. The molecule has 0 N–H and O–H groups in total. The second kappa shape index (κ2) is 3.07. The number of allylic oxidation sites excluding steroid dienone is 1. The predicted octanol–water partition coefficient (Wildman–Crippen LogP) is 1.43. The van der Waals surface area contributed by atoms with E-state index in [9.17, 15) is 4.79 Å². The summed E-state index contributed by atoms with van der Waals surface area (Å²) in [6, 6.07) is 0. The molecule has 0 radical (unpaired) electrons. The maximum Gasteiger partial charge on any atom is 0.163 e. The summed E-state index contributed by atoms with van der Waals surface area (Å²) in [5.74, 6) is 0.583. The number of rotatable bonds is 1. The molecule has 1 saturated carbocycles. The Kier molecular flexibility index (Phi) is 2.32. The van der Waals surface area contributed by atoms with Crippen LogP contribution in [0.3, 0.4) is 0 Å². The molecule has 0 saturated heterocycles. The van der Waals surface area contributed by atoms with E-state index < -0.39 is 0 Å². The molecular weight excluding hydrogens is 138 g/mol. The number of hydrogen-bond acceptors (Lipinski definition) is 2. The van der Waals surface area contributed by atoms with Crippen molar-refractivity contribution in [2.75, 3.05) is 14.1 Å². The molecule has 0 amide bonds. The fourth-order valence-corrected chi connectivity index (χ4v) is 1.38. The molecule has 0 aromatic rings. The van der Waals surface area contributed by atoms with Crippen molar-refractivity contribution in [3.8, 4) is 0 Å². The molecule has 1 atom stereocenters. The Labute approximate surface area is 67.9 Å². The van der Waals surface area contributed by atoms with Gasteiger partial charge >= 0.3 is 0 Å². The molecule has 62 valence electrons. The summed E-state index contributed by atoms with van der Waals surface area (Å²) in [5.41, 5.74) is 0.988. The van der Waals surface area contributed by atoms with Gasteiger partial charge in [0.2, 0.25) is 0 Å². The molecular formula is C9H15NO. The lowest BCUT2D eigenvalue weighted by atomic mass is 10.1. The molecule has 1 aliphatic carbocycles. The number of nitrogens with zero attached hydrogens (tertiary/aromatic N) is 1. The first-order valence-corrected chi connectivity index (χ1v) is 4.02. The minimum absolute atomic E-state index is 0.251. The van der Waals surface area contributed by atoms with Crippen molar-refractivity contribution in [3.05, 3.63) is 11.8 Å². The van der Waals surface area contributed by atoms with Crippen LogP contribution >= 0.6 is 0 Å². The molecule has 1 rings (SSSR count). The summed E-state index contributed by atoms with van der Waals surface area (Å²) in [6.45, 7) is 2.00. The average Bonchev–Trinajstić information content (AvgIpc) is 2.18. The molecule has 0 aliphatic heterocycles. The molecule has 1 unspecified atom stereocenters. The molecule has 0 aromatic carbocycles. The number of hydrogen-bond donors (Lipinski definition) is 0. The van der Waals surface area contributed by atoms with Gasteiger partial charge in [-0.25, -0.2) is 0 Å². The van der Waals surface area contributed by atoms with Crippen molar-refractivity contribution < 1.29 is 4.79 Å². The Hall–Kier alpha value is -0.790. The van der Waals surface area contributed by atoms with Gasteiger partial charge in [-0.1, -0.05) is 6.92 Å². The van der Waals surface area contributed by atoms with Crippen LogP contribution in [0.25, 0.3) is 0 Å². The molecule has 0 bridgehead atoms. The van der Waals surface area contributed by atoms with Crippen LogP contribution in [0.1, 0.15) is 19.8 Å². The van der Waals surface area contributed by atoms with E-state index >= 15 is 0 Å². The van der Waals surface area contributed by atoms with Gasteiger partial charge in [-0.05, 0) is 12.8 Å². The third-order valence-electron chi connectivity index (χ3n) is 2.02. The predicted molar refractivity (Wildman–Crippen MR) is 45.2 cm³/mol. The van der Waals surface area contributed by atoms with Gasteiger partial charge < -0.3 is 4.90 Å². The summed E-state index contributed by atoms with van der Waals surface area (Å²) < 4.78 is 0.